The fourth-order valence-corrected chi connectivity index (χ4v) is 3.13. The molecule has 1 aromatic heterocycles. The van der Waals surface area contributed by atoms with Gasteiger partial charge in [-0.25, -0.2) is 0 Å². The van der Waals surface area contributed by atoms with E-state index in [1.807, 2.05) is 37.3 Å². The molecule has 26 heavy (non-hydrogen) atoms. The fourth-order valence-electron chi connectivity index (χ4n) is 3.13. The van der Waals surface area contributed by atoms with Crippen molar-refractivity contribution in [3.63, 3.8) is 0 Å². The molecule has 4 aromatic rings. The molecular formula is C22H21N3O. The summed E-state index contributed by atoms with van der Waals surface area (Å²) in [5, 5.41) is 14.4. The maximum Gasteiger partial charge on any atom is 0.247 e. The number of nitrogens with zero attached hydrogens (tertiary/aromatic N) is 2. The molecule has 0 amide bonds. The lowest BCUT2D eigenvalue weighted by Gasteiger charge is -2.18. The van der Waals surface area contributed by atoms with Gasteiger partial charge in [0.2, 0.25) is 11.8 Å². The van der Waals surface area contributed by atoms with Crippen molar-refractivity contribution < 1.29 is 4.42 Å². The Morgan fingerprint density at radius 3 is 2.31 bits per heavy atom. The van der Waals surface area contributed by atoms with Crippen LogP contribution in [-0.4, -0.2) is 10.2 Å². The number of rotatable bonds is 5. The summed E-state index contributed by atoms with van der Waals surface area (Å²) in [5.74, 6) is 1.14. The van der Waals surface area contributed by atoms with Crippen LogP contribution in [0.4, 0.5) is 0 Å². The van der Waals surface area contributed by atoms with Crippen LogP contribution in [0.5, 0.6) is 0 Å². The highest BCUT2D eigenvalue weighted by atomic mass is 16.4. The number of aromatic nitrogens is 2. The van der Waals surface area contributed by atoms with Crippen LogP contribution >= 0.6 is 0 Å². The van der Waals surface area contributed by atoms with Crippen LogP contribution < -0.4 is 5.32 Å². The van der Waals surface area contributed by atoms with E-state index in [0.29, 0.717) is 11.8 Å². The van der Waals surface area contributed by atoms with E-state index in [-0.39, 0.29) is 12.1 Å². The molecule has 0 saturated carbocycles. The molecule has 0 aliphatic carbocycles. The predicted molar refractivity (Wildman–Crippen MR) is 104 cm³/mol. The molecule has 130 valence electrons. The van der Waals surface area contributed by atoms with E-state index >= 15 is 0 Å². The second kappa shape index (κ2) is 7.10. The van der Waals surface area contributed by atoms with Crippen LogP contribution in [0.3, 0.4) is 0 Å². The zero-order valence-electron chi connectivity index (χ0n) is 14.9. The third-order valence-corrected chi connectivity index (χ3v) is 4.61. The maximum absolute atomic E-state index is 5.85. The van der Waals surface area contributed by atoms with Crippen molar-refractivity contribution in [2.75, 3.05) is 0 Å². The average molecular weight is 343 g/mol. The van der Waals surface area contributed by atoms with Gasteiger partial charge in [0.05, 0.1) is 6.04 Å². The standard InChI is InChI=1S/C22H21N3O/c1-15(19-13-12-17-8-6-7-11-20(17)14-19)23-16(2)21-24-25-22(26-21)18-9-4-3-5-10-18/h3-16,23H,1-2H3/t15-,16-/m1/s1. The van der Waals surface area contributed by atoms with Crippen molar-refractivity contribution in [3.05, 3.63) is 84.3 Å². The summed E-state index contributed by atoms with van der Waals surface area (Å²) in [7, 11) is 0. The van der Waals surface area contributed by atoms with Gasteiger partial charge in [-0.2, -0.15) is 0 Å². The van der Waals surface area contributed by atoms with Gasteiger partial charge in [-0.3, -0.25) is 5.32 Å². The molecule has 4 rings (SSSR count). The Hall–Kier alpha value is -2.98. The number of nitrogens with one attached hydrogen (secondary N) is 1. The average Bonchev–Trinajstić information content (AvgIpc) is 3.18. The Morgan fingerprint density at radius 1 is 0.769 bits per heavy atom. The molecule has 3 aromatic carbocycles. The van der Waals surface area contributed by atoms with Crippen molar-refractivity contribution in [2.24, 2.45) is 0 Å². The molecule has 1 N–H and O–H groups in total. The normalized spacial score (nSPS) is 13.6. The summed E-state index contributed by atoms with van der Waals surface area (Å²) in [6, 6.07) is 24.9. The molecule has 0 radical (unpaired) electrons. The fraction of sp³-hybridized carbons (Fsp3) is 0.182. The minimum Gasteiger partial charge on any atom is -0.419 e. The highest BCUT2D eigenvalue weighted by Gasteiger charge is 2.17. The maximum atomic E-state index is 5.85. The van der Waals surface area contributed by atoms with Gasteiger partial charge in [-0.1, -0.05) is 54.6 Å². The van der Waals surface area contributed by atoms with Crippen LogP contribution in [0.25, 0.3) is 22.2 Å². The summed E-state index contributed by atoms with van der Waals surface area (Å²) in [4.78, 5) is 0. The molecule has 0 unspecified atom stereocenters. The lowest BCUT2D eigenvalue weighted by molar-refractivity contribution is 0.395. The summed E-state index contributed by atoms with van der Waals surface area (Å²) in [6.45, 7) is 4.19. The van der Waals surface area contributed by atoms with Gasteiger partial charge in [0, 0.05) is 11.6 Å². The molecule has 1 heterocycles. The molecule has 0 bridgehead atoms. The van der Waals surface area contributed by atoms with Crippen molar-refractivity contribution in [1.29, 1.82) is 0 Å². The molecule has 2 atom stereocenters. The van der Waals surface area contributed by atoms with Gasteiger partial charge in [0.25, 0.3) is 0 Å². The first kappa shape index (κ1) is 16.5. The quantitative estimate of drug-likeness (QED) is 0.534. The smallest absolute Gasteiger partial charge is 0.247 e. The minimum absolute atomic E-state index is 0.0403. The number of fused-ring (bicyclic) bond motifs is 1. The third-order valence-electron chi connectivity index (χ3n) is 4.61. The second-order valence-corrected chi connectivity index (χ2v) is 6.53. The van der Waals surface area contributed by atoms with E-state index in [0.717, 1.165) is 5.56 Å². The Bertz CT molecular complexity index is 1010. The van der Waals surface area contributed by atoms with Gasteiger partial charge in [-0.15, -0.1) is 10.2 Å². The number of hydrogen-bond donors (Lipinski definition) is 1. The van der Waals surface area contributed by atoms with Gasteiger partial charge >= 0.3 is 0 Å². The van der Waals surface area contributed by atoms with E-state index in [1.54, 1.807) is 0 Å². The molecule has 0 saturated heterocycles. The number of benzene rings is 3. The highest BCUT2D eigenvalue weighted by Crippen LogP contribution is 2.24. The molecule has 0 aliphatic rings. The minimum atomic E-state index is -0.0403. The molecular weight excluding hydrogens is 322 g/mol. The van der Waals surface area contributed by atoms with E-state index in [2.05, 4.69) is 64.9 Å². The van der Waals surface area contributed by atoms with Crippen LogP contribution in [0.15, 0.2) is 77.2 Å². The Kier molecular flexibility index (Phi) is 4.50. The van der Waals surface area contributed by atoms with Gasteiger partial charge in [0.1, 0.15) is 0 Å². The summed E-state index contributed by atoms with van der Waals surface area (Å²) < 4.78 is 5.85. The predicted octanol–water partition coefficient (Wildman–Crippen LogP) is 5.30. The highest BCUT2D eigenvalue weighted by molar-refractivity contribution is 5.83. The first-order chi connectivity index (χ1) is 12.7. The Morgan fingerprint density at radius 2 is 1.50 bits per heavy atom. The lowest BCUT2D eigenvalue weighted by Crippen LogP contribution is -2.22. The molecule has 4 heteroatoms. The largest absolute Gasteiger partial charge is 0.419 e. The van der Waals surface area contributed by atoms with Crippen LogP contribution in [0, 0.1) is 0 Å². The van der Waals surface area contributed by atoms with E-state index < -0.39 is 0 Å². The summed E-state index contributed by atoms with van der Waals surface area (Å²) in [6.07, 6.45) is 0. The SMILES string of the molecule is C[C@@H](N[C@H](C)c1nnc(-c2ccccc2)o1)c1ccc2ccccc2c1. The summed E-state index contributed by atoms with van der Waals surface area (Å²) >= 11 is 0. The Labute approximate surface area is 152 Å². The van der Waals surface area contributed by atoms with Crippen LogP contribution in [0.2, 0.25) is 0 Å². The van der Waals surface area contributed by atoms with Crippen molar-refractivity contribution in [1.82, 2.24) is 15.5 Å². The van der Waals surface area contributed by atoms with E-state index in [4.69, 9.17) is 4.42 Å². The molecule has 0 aliphatic heterocycles. The van der Waals surface area contributed by atoms with Crippen molar-refractivity contribution in [2.45, 2.75) is 25.9 Å². The van der Waals surface area contributed by atoms with Crippen molar-refractivity contribution in [3.8, 4) is 11.5 Å². The molecule has 0 spiro atoms. The second-order valence-electron chi connectivity index (χ2n) is 6.53. The number of hydrogen-bond acceptors (Lipinski definition) is 4. The first-order valence-corrected chi connectivity index (χ1v) is 8.84. The van der Waals surface area contributed by atoms with Crippen LogP contribution in [0.1, 0.15) is 37.4 Å². The zero-order valence-corrected chi connectivity index (χ0v) is 14.9. The first-order valence-electron chi connectivity index (χ1n) is 8.84. The van der Waals surface area contributed by atoms with E-state index in [1.165, 1.54) is 16.3 Å². The van der Waals surface area contributed by atoms with E-state index in [9.17, 15) is 0 Å². The zero-order chi connectivity index (χ0) is 17.9. The van der Waals surface area contributed by atoms with Crippen LogP contribution in [-0.2, 0) is 0 Å². The summed E-state index contributed by atoms with van der Waals surface area (Å²) in [5.41, 5.74) is 2.17. The monoisotopic (exact) mass is 343 g/mol. The van der Waals surface area contributed by atoms with Gasteiger partial charge in [0.15, 0.2) is 0 Å². The third kappa shape index (κ3) is 3.37. The topological polar surface area (TPSA) is 51.0 Å². The Balaban J connectivity index is 1.50. The van der Waals surface area contributed by atoms with Crippen molar-refractivity contribution >= 4 is 10.8 Å². The lowest BCUT2D eigenvalue weighted by atomic mass is 10.0. The van der Waals surface area contributed by atoms with Gasteiger partial charge < -0.3 is 4.42 Å². The molecule has 0 fully saturated rings. The van der Waals surface area contributed by atoms with Gasteiger partial charge in [-0.05, 0) is 48.4 Å². The molecule has 4 nitrogen and oxygen atoms in total.